The zero-order valence-corrected chi connectivity index (χ0v) is 33.7. The SMILES string of the molecule is c1ccc(-c2cc(-c3ccccc3)nc(-c3ccc(-c4ccc(-n5c6ccccc6c6cc(-c7ccc8c(c7)c7ccccc7n8-c7ccccc7)ccc65)cc4)cc3)n2)cc1. The Morgan fingerprint density at radius 2 is 0.613 bits per heavy atom. The number of hydrogen-bond donors (Lipinski definition) is 0. The van der Waals surface area contributed by atoms with Gasteiger partial charge in [-0.15, -0.1) is 0 Å². The maximum absolute atomic E-state index is 5.03. The third-order valence-electron chi connectivity index (χ3n) is 12.2. The predicted molar refractivity (Wildman–Crippen MR) is 258 cm³/mol. The monoisotopic (exact) mass is 790 g/mol. The number of para-hydroxylation sites is 3. The average molecular weight is 791 g/mol. The topological polar surface area (TPSA) is 35.6 Å². The molecule has 0 atom stereocenters. The largest absolute Gasteiger partial charge is 0.309 e. The molecule has 0 aliphatic rings. The van der Waals surface area contributed by atoms with Crippen LogP contribution in [0.15, 0.2) is 231 Å². The van der Waals surface area contributed by atoms with Crippen LogP contribution < -0.4 is 0 Å². The van der Waals surface area contributed by atoms with Crippen molar-refractivity contribution >= 4 is 43.6 Å². The first-order valence-electron chi connectivity index (χ1n) is 21.1. The molecule has 0 saturated carbocycles. The number of rotatable bonds is 7. The Morgan fingerprint density at radius 1 is 0.242 bits per heavy atom. The smallest absolute Gasteiger partial charge is 0.160 e. The van der Waals surface area contributed by atoms with Crippen LogP contribution in [-0.2, 0) is 0 Å². The summed E-state index contributed by atoms with van der Waals surface area (Å²) in [6.07, 6.45) is 0. The minimum atomic E-state index is 0.706. The number of benzene rings is 9. The molecule has 0 aliphatic carbocycles. The second kappa shape index (κ2) is 14.7. The molecule has 62 heavy (non-hydrogen) atoms. The van der Waals surface area contributed by atoms with Gasteiger partial charge in [-0.05, 0) is 89.0 Å². The van der Waals surface area contributed by atoms with Gasteiger partial charge in [-0.2, -0.15) is 0 Å². The summed E-state index contributed by atoms with van der Waals surface area (Å²) in [6, 6.07) is 82.1. The molecule has 3 heterocycles. The van der Waals surface area contributed by atoms with Crippen LogP contribution in [0.2, 0.25) is 0 Å². The quantitative estimate of drug-likeness (QED) is 0.161. The molecular formula is C58H38N4. The Balaban J connectivity index is 0.883. The highest BCUT2D eigenvalue weighted by atomic mass is 15.0. The van der Waals surface area contributed by atoms with Crippen molar-refractivity contribution in [1.82, 2.24) is 19.1 Å². The van der Waals surface area contributed by atoms with Crippen molar-refractivity contribution in [2.75, 3.05) is 0 Å². The van der Waals surface area contributed by atoms with Gasteiger partial charge in [0.2, 0.25) is 0 Å². The van der Waals surface area contributed by atoms with E-state index >= 15 is 0 Å². The van der Waals surface area contributed by atoms with Crippen LogP contribution in [0.5, 0.6) is 0 Å². The number of aromatic nitrogens is 4. The van der Waals surface area contributed by atoms with Crippen molar-refractivity contribution in [3.8, 4) is 67.5 Å². The van der Waals surface area contributed by atoms with Gasteiger partial charge < -0.3 is 9.13 Å². The van der Waals surface area contributed by atoms with E-state index in [1.807, 2.05) is 36.4 Å². The minimum absolute atomic E-state index is 0.706. The van der Waals surface area contributed by atoms with Crippen LogP contribution in [0, 0.1) is 0 Å². The molecule has 290 valence electrons. The van der Waals surface area contributed by atoms with E-state index < -0.39 is 0 Å². The van der Waals surface area contributed by atoms with E-state index in [1.54, 1.807) is 0 Å². The second-order valence-corrected chi connectivity index (χ2v) is 15.8. The summed E-state index contributed by atoms with van der Waals surface area (Å²) in [6.45, 7) is 0. The molecule has 9 aromatic carbocycles. The fourth-order valence-corrected chi connectivity index (χ4v) is 9.14. The zero-order valence-electron chi connectivity index (χ0n) is 33.7. The highest BCUT2D eigenvalue weighted by Crippen LogP contribution is 2.39. The summed E-state index contributed by atoms with van der Waals surface area (Å²) in [5, 5.41) is 4.98. The third-order valence-corrected chi connectivity index (χ3v) is 12.2. The van der Waals surface area contributed by atoms with Gasteiger partial charge in [-0.3, -0.25) is 0 Å². The normalized spacial score (nSPS) is 11.5. The van der Waals surface area contributed by atoms with Gasteiger partial charge in [0.1, 0.15) is 0 Å². The maximum Gasteiger partial charge on any atom is 0.160 e. The molecule has 12 rings (SSSR count). The Kier molecular flexibility index (Phi) is 8.46. The number of hydrogen-bond acceptors (Lipinski definition) is 2. The summed E-state index contributed by atoms with van der Waals surface area (Å²) in [4.78, 5) is 10.1. The molecule has 0 saturated heterocycles. The molecule has 12 aromatic rings. The van der Waals surface area contributed by atoms with E-state index in [1.165, 1.54) is 60.4 Å². The van der Waals surface area contributed by atoms with E-state index in [0.29, 0.717) is 5.82 Å². The van der Waals surface area contributed by atoms with E-state index in [-0.39, 0.29) is 0 Å². The summed E-state index contributed by atoms with van der Waals surface area (Å²) in [5.41, 5.74) is 16.7. The summed E-state index contributed by atoms with van der Waals surface area (Å²) < 4.78 is 4.76. The first-order valence-corrected chi connectivity index (χ1v) is 21.1. The fraction of sp³-hybridized carbons (Fsp3) is 0. The van der Waals surface area contributed by atoms with Gasteiger partial charge in [0.25, 0.3) is 0 Å². The Bertz CT molecular complexity index is 3530. The highest BCUT2D eigenvalue weighted by molar-refractivity contribution is 6.12. The summed E-state index contributed by atoms with van der Waals surface area (Å²) in [7, 11) is 0. The average Bonchev–Trinajstić information content (AvgIpc) is 3.87. The molecule has 4 heteroatoms. The lowest BCUT2D eigenvalue weighted by Crippen LogP contribution is -1.96. The van der Waals surface area contributed by atoms with Crippen molar-refractivity contribution in [3.63, 3.8) is 0 Å². The van der Waals surface area contributed by atoms with Crippen molar-refractivity contribution in [3.05, 3.63) is 231 Å². The van der Waals surface area contributed by atoms with E-state index in [9.17, 15) is 0 Å². The molecule has 0 aliphatic heterocycles. The molecule has 0 N–H and O–H groups in total. The van der Waals surface area contributed by atoms with Gasteiger partial charge >= 0.3 is 0 Å². The van der Waals surface area contributed by atoms with Crippen molar-refractivity contribution in [2.24, 2.45) is 0 Å². The van der Waals surface area contributed by atoms with Crippen LogP contribution in [-0.4, -0.2) is 19.1 Å². The van der Waals surface area contributed by atoms with Crippen LogP contribution in [0.4, 0.5) is 0 Å². The maximum atomic E-state index is 5.03. The first-order chi connectivity index (χ1) is 30.7. The molecule has 0 bridgehead atoms. The lowest BCUT2D eigenvalue weighted by molar-refractivity contribution is 1.18. The Labute approximate surface area is 359 Å². The van der Waals surface area contributed by atoms with E-state index in [2.05, 4.69) is 203 Å². The summed E-state index contributed by atoms with van der Waals surface area (Å²) in [5.74, 6) is 0.706. The van der Waals surface area contributed by atoms with Gasteiger partial charge in [-0.25, -0.2) is 9.97 Å². The molecule has 0 radical (unpaired) electrons. The Morgan fingerprint density at radius 3 is 1.11 bits per heavy atom. The van der Waals surface area contributed by atoms with Crippen molar-refractivity contribution in [2.45, 2.75) is 0 Å². The van der Waals surface area contributed by atoms with E-state index in [4.69, 9.17) is 9.97 Å². The van der Waals surface area contributed by atoms with Gasteiger partial charge in [0.15, 0.2) is 5.82 Å². The second-order valence-electron chi connectivity index (χ2n) is 15.8. The number of fused-ring (bicyclic) bond motifs is 6. The highest BCUT2D eigenvalue weighted by Gasteiger charge is 2.17. The van der Waals surface area contributed by atoms with Gasteiger partial charge in [0, 0.05) is 49.6 Å². The summed E-state index contributed by atoms with van der Waals surface area (Å²) >= 11 is 0. The number of nitrogens with zero attached hydrogens (tertiary/aromatic N) is 4. The lowest BCUT2D eigenvalue weighted by Gasteiger charge is -2.11. The molecule has 0 unspecified atom stereocenters. The minimum Gasteiger partial charge on any atom is -0.309 e. The molecule has 0 amide bonds. The first kappa shape index (κ1) is 35.6. The molecule has 0 spiro atoms. The van der Waals surface area contributed by atoms with Crippen LogP contribution >= 0.6 is 0 Å². The van der Waals surface area contributed by atoms with Crippen LogP contribution in [0.25, 0.3) is 111 Å². The molecule has 4 nitrogen and oxygen atoms in total. The molecule has 0 fully saturated rings. The van der Waals surface area contributed by atoms with Gasteiger partial charge in [0.05, 0.1) is 33.5 Å². The third kappa shape index (κ3) is 6.08. The molecular weight excluding hydrogens is 753 g/mol. The van der Waals surface area contributed by atoms with E-state index in [0.717, 1.165) is 44.9 Å². The molecule has 3 aromatic heterocycles. The lowest BCUT2D eigenvalue weighted by atomic mass is 10.0. The van der Waals surface area contributed by atoms with Crippen molar-refractivity contribution < 1.29 is 0 Å². The van der Waals surface area contributed by atoms with Gasteiger partial charge in [-0.1, -0.05) is 164 Å². The fourth-order valence-electron chi connectivity index (χ4n) is 9.14. The van der Waals surface area contributed by atoms with Crippen molar-refractivity contribution in [1.29, 1.82) is 0 Å². The standard InChI is InChI=1S/C58H38N4/c1-4-14-41(15-5-1)52-38-53(42-16-6-2-7-17-42)60-58(59-52)43-26-24-39(25-27-43)40-28-32-47(33-29-40)62-55-23-13-11-21-49(55)51-37-45(31-35-57(51)62)44-30-34-56-50(36-44)48-20-10-12-22-54(48)61(56)46-18-8-3-9-19-46/h1-38H. The van der Waals surface area contributed by atoms with Crippen LogP contribution in [0.1, 0.15) is 0 Å². The zero-order chi connectivity index (χ0) is 41.0. The Hall–Kier alpha value is -8.34. The van der Waals surface area contributed by atoms with Crippen LogP contribution in [0.3, 0.4) is 0 Å². The predicted octanol–water partition coefficient (Wildman–Crippen LogP) is 15.0.